The lowest BCUT2D eigenvalue weighted by Crippen LogP contribution is -2.17. The molecule has 20 heavy (non-hydrogen) atoms. The van der Waals surface area contributed by atoms with Crippen molar-refractivity contribution in [1.82, 2.24) is 0 Å². The Kier molecular flexibility index (Phi) is 5.15. The standard InChI is InChI=1S/C13H14BrF3O3/c14-10(3-4-18-8-13(15,16)17)9-1-2-11-12(7-9)20-6-5-19-11/h1-2,7,10H,3-6,8H2. The maximum atomic E-state index is 11.9. The molecule has 1 aliphatic heterocycles. The number of rotatable bonds is 5. The third kappa shape index (κ3) is 4.56. The van der Waals surface area contributed by atoms with Crippen molar-refractivity contribution >= 4 is 15.9 Å². The summed E-state index contributed by atoms with van der Waals surface area (Å²) in [7, 11) is 0. The third-order valence-corrected chi connectivity index (χ3v) is 3.70. The number of hydrogen-bond acceptors (Lipinski definition) is 3. The van der Waals surface area contributed by atoms with Crippen LogP contribution in [0.5, 0.6) is 11.5 Å². The number of benzene rings is 1. The van der Waals surface area contributed by atoms with E-state index in [9.17, 15) is 13.2 Å². The van der Waals surface area contributed by atoms with Gasteiger partial charge in [-0.05, 0) is 24.1 Å². The van der Waals surface area contributed by atoms with Gasteiger partial charge in [-0.25, -0.2) is 0 Å². The molecule has 0 aromatic heterocycles. The summed E-state index contributed by atoms with van der Waals surface area (Å²) in [4.78, 5) is -0.0911. The minimum absolute atomic E-state index is 0.0316. The normalized spacial score (nSPS) is 16.0. The fraction of sp³-hybridized carbons (Fsp3) is 0.538. The Balaban J connectivity index is 1.84. The maximum absolute atomic E-state index is 11.9. The van der Waals surface area contributed by atoms with Gasteiger partial charge in [-0.3, -0.25) is 0 Å². The number of ether oxygens (including phenoxy) is 3. The molecule has 7 heteroatoms. The SMILES string of the molecule is FC(F)(F)COCCC(Br)c1ccc2c(c1)OCCO2. The molecule has 1 aromatic carbocycles. The summed E-state index contributed by atoms with van der Waals surface area (Å²) < 4.78 is 51.2. The average molecular weight is 355 g/mol. The van der Waals surface area contributed by atoms with Gasteiger partial charge in [-0.15, -0.1) is 0 Å². The predicted molar refractivity (Wildman–Crippen MR) is 70.6 cm³/mol. The molecule has 1 heterocycles. The molecule has 0 radical (unpaired) electrons. The van der Waals surface area contributed by atoms with Crippen LogP contribution >= 0.6 is 15.9 Å². The number of hydrogen-bond donors (Lipinski definition) is 0. The molecular weight excluding hydrogens is 341 g/mol. The van der Waals surface area contributed by atoms with E-state index < -0.39 is 12.8 Å². The highest BCUT2D eigenvalue weighted by molar-refractivity contribution is 9.09. The molecule has 0 N–H and O–H groups in total. The summed E-state index contributed by atoms with van der Waals surface area (Å²) in [5, 5.41) is 0. The fourth-order valence-corrected chi connectivity index (χ4v) is 2.27. The number of alkyl halides is 4. The van der Waals surface area contributed by atoms with Crippen molar-refractivity contribution in [3.05, 3.63) is 23.8 Å². The van der Waals surface area contributed by atoms with Gasteiger partial charge >= 0.3 is 6.18 Å². The topological polar surface area (TPSA) is 27.7 Å². The van der Waals surface area contributed by atoms with Crippen molar-refractivity contribution < 1.29 is 27.4 Å². The molecule has 0 saturated carbocycles. The van der Waals surface area contributed by atoms with Gasteiger partial charge in [-0.2, -0.15) is 13.2 Å². The first-order valence-corrected chi connectivity index (χ1v) is 7.05. The fourth-order valence-electron chi connectivity index (χ4n) is 1.80. The number of fused-ring (bicyclic) bond motifs is 1. The summed E-state index contributed by atoms with van der Waals surface area (Å²) in [6, 6.07) is 5.49. The van der Waals surface area contributed by atoms with Crippen LogP contribution in [-0.2, 0) is 4.74 Å². The Morgan fingerprint density at radius 3 is 2.60 bits per heavy atom. The molecule has 1 atom stereocenters. The predicted octanol–water partition coefficient (Wildman–Crippen LogP) is 3.86. The second-order valence-corrected chi connectivity index (χ2v) is 5.43. The van der Waals surface area contributed by atoms with Crippen LogP contribution in [0, 0.1) is 0 Å². The van der Waals surface area contributed by atoms with E-state index in [-0.39, 0.29) is 11.4 Å². The minimum atomic E-state index is -4.28. The van der Waals surface area contributed by atoms with E-state index in [0.29, 0.717) is 31.1 Å². The molecule has 112 valence electrons. The van der Waals surface area contributed by atoms with Crippen molar-refractivity contribution in [1.29, 1.82) is 0 Å². The van der Waals surface area contributed by atoms with Crippen molar-refractivity contribution in [3.63, 3.8) is 0 Å². The van der Waals surface area contributed by atoms with Crippen LogP contribution in [0.2, 0.25) is 0 Å². The molecule has 1 unspecified atom stereocenters. The Hall–Kier alpha value is -0.950. The second kappa shape index (κ2) is 6.67. The van der Waals surface area contributed by atoms with Crippen LogP contribution in [0.3, 0.4) is 0 Å². The summed E-state index contributed by atoms with van der Waals surface area (Å²) >= 11 is 3.44. The Labute approximate surface area is 123 Å². The van der Waals surface area contributed by atoms with Gasteiger partial charge in [0.25, 0.3) is 0 Å². The zero-order chi connectivity index (χ0) is 14.6. The smallest absolute Gasteiger partial charge is 0.411 e. The summed E-state index contributed by atoms with van der Waals surface area (Å²) in [6.07, 6.45) is -3.84. The first-order chi connectivity index (χ1) is 9.46. The van der Waals surface area contributed by atoms with E-state index in [1.807, 2.05) is 12.1 Å². The molecule has 0 aliphatic carbocycles. The zero-order valence-corrected chi connectivity index (χ0v) is 12.2. The number of halogens is 4. The van der Waals surface area contributed by atoms with Gasteiger partial charge in [0.05, 0.1) is 0 Å². The van der Waals surface area contributed by atoms with E-state index in [1.54, 1.807) is 6.07 Å². The highest BCUT2D eigenvalue weighted by atomic mass is 79.9. The highest BCUT2D eigenvalue weighted by Gasteiger charge is 2.27. The molecular formula is C13H14BrF3O3. The molecule has 0 saturated heterocycles. The monoisotopic (exact) mass is 354 g/mol. The van der Waals surface area contributed by atoms with Gasteiger partial charge in [0.2, 0.25) is 0 Å². The lowest BCUT2D eigenvalue weighted by molar-refractivity contribution is -0.174. The van der Waals surface area contributed by atoms with E-state index in [2.05, 4.69) is 20.7 Å². The largest absolute Gasteiger partial charge is 0.486 e. The van der Waals surface area contributed by atoms with E-state index in [4.69, 9.17) is 9.47 Å². The maximum Gasteiger partial charge on any atom is 0.411 e. The van der Waals surface area contributed by atoms with Gasteiger partial charge < -0.3 is 14.2 Å². The van der Waals surface area contributed by atoms with Crippen LogP contribution in [0.15, 0.2) is 18.2 Å². The van der Waals surface area contributed by atoms with E-state index >= 15 is 0 Å². The van der Waals surface area contributed by atoms with Crippen LogP contribution < -0.4 is 9.47 Å². The van der Waals surface area contributed by atoms with E-state index in [1.165, 1.54) is 0 Å². The van der Waals surface area contributed by atoms with Gasteiger partial charge in [0.1, 0.15) is 19.8 Å². The van der Waals surface area contributed by atoms with Gasteiger partial charge in [-0.1, -0.05) is 22.0 Å². The lowest BCUT2D eigenvalue weighted by Gasteiger charge is -2.20. The molecule has 3 nitrogen and oxygen atoms in total. The van der Waals surface area contributed by atoms with Crippen molar-refractivity contribution in [2.75, 3.05) is 26.4 Å². The Bertz CT molecular complexity index is 451. The van der Waals surface area contributed by atoms with Gasteiger partial charge in [0.15, 0.2) is 11.5 Å². The first-order valence-electron chi connectivity index (χ1n) is 6.14. The molecule has 0 fully saturated rings. The third-order valence-electron chi connectivity index (χ3n) is 2.71. The lowest BCUT2D eigenvalue weighted by atomic mass is 10.1. The zero-order valence-electron chi connectivity index (χ0n) is 10.6. The molecule has 0 spiro atoms. The summed E-state index contributed by atoms with van der Waals surface area (Å²) in [5.74, 6) is 1.35. The Morgan fingerprint density at radius 1 is 1.20 bits per heavy atom. The van der Waals surface area contributed by atoms with Crippen LogP contribution in [-0.4, -0.2) is 32.6 Å². The average Bonchev–Trinajstić information content (AvgIpc) is 2.42. The van der Waals surface area contributed by atoms with Crippen molar-refractivity contribution in [3.8, 4) is 11.5 Å². The highest BCUT2D eigenvalue weighted by Crippen LogP contribution is 2.36. The molecule has 0 bridgehead atoms. The minimum Gasteiger partial charge on any atom is -0.486 e. The van der Waals surface area contributed by atoms with Crippen LogP contribution in [0.4, 0.5) is 13.2 Å². The summed E-state index contributed by atoms with van der Waals surface area (Å²) in [5.41, 5.74) is 0.921. The van der Waals surface area contributed by atoms with Gasteiger partial charge in [0, 0.05) is 11.4 Å². The molecule has 1 aromatic rings. The van der Waals surface area contributed by atoms with Crippen molar-refractivity contribution in [2.24, 2.45) is 0 Å². The molecule has 0 amide bonds. The molecule has 1 aliphatic rings. The second-order valence-electron chi connectivity index (χ2n) is 4.33. The Morgan fingerprint density at radius 2 is 1.90 bits per heavy atom. The summed E-state index contributed by atoms with van der Waals surface area (Å²) in [6.45, 7) is -0.162. The van der Waals surface area contributed by atoms with Crippen LogP contribution in [0.25, 0.3) is 0 Å². The first kappa shape index (κ1) is 15.4. The quantitative estimate of drug-likeness (QED) is 0.593. The van der Waals surface area contributed by atoms with Crippen LogP contribution in [0.1, 0.15) is 16.8 Å². The van der Waals surface area contributed by atoms with Crippen molar-refractivity contribution in [2.45, 2.75) is 17.4 Å². The van der Waals surface area contributed by atoms with E-state index in [0.717, 1.165) is 5.56 Å². The molecule has 2 rings (SSSR count).